The zero-order chi connectivity index (χ0) is 50.7. The highest BCUT2D eigenvalue weighted by molar-refractivity contribution is 7.97. The van der Waals surface area contributed by atoms with E-state index in [9.17, 15) is 0 Å². The van der Waals surface area contributed by atoms with Gasteiger partial charge < -0.3 is 4.74 Å². The standard InChI is InChI=1S/C36H48NS.C31H38NOS/c1-4-6-8-9-10-11-12-13-14-16-18-32-21-27-35(28-22-32)38(36-29-23-33(37-3)24-30-36)34-25-19-31(20-26-34)17-15-7-5-2;1-3-4-5-6-7-8-9-10-11-15-26-33-28-20-24-31(25-21-28)34(29-16-13-12-14-17-29)30-22-18-27(32-2)19-23-30/h19-30H,4-18H2,1-2H3;12-14,16-25H,3-11,15,26H2,1H3/q2*+1. The van der Waals surface area contributed by atoms with Crippen molar-refractivity contribution in [2.45, 2.75) is 211 Å². The zero-order valence-corrected chi connectivity index (χ0v) is 46.1. The largest absolute Gasteiger partial charge is 0.494 e. The summed E-state index contributed by atoms with van der Waals surface area (Å²) < 4.78 is 6.02. The third-order valence-electron chi connectivity index (χ3n) is 13.4. The van der Waals surface area contributed by atoms with Crippen LogP contribution in [0, 0.1) is 13.1 Å². The Labute approximate surface area is 444 Å². The van der Waals surface area contributed by atoms with Crippen LogP contribution in [-0.4, -0.2) is 6.61 Å². The Morgan fingerprint density at radius 3 is 0.986 bits per heavy atom. The highest BCUT2D eigenvalue weighted by Crippen LogP contribution is 2.35. The molecule has 5 heteroatoms. The zero-order valence-electron chi connectivity index (χ0n) is 44.4. The summed E-state index contributed by atoms with van der Waals surface area (Å²) in [5, 5.41) is 0. The number of hydrogen-bond acceptors (Lipinski definition) is 1. The van der Waals surface area contributed by atoms with Gasteiger partial charge in [0.15, 0.2) is 40.7 Å². The van der Waals surface area contributed by atoms with Crippen molar-refractivity contribution in [2.75, 3.05) is 6.61 Å². The van der Waals surface area contributed by atoms with Gasteiger partial charge in [-0.1, -0.05) is 216 Å². The molecule has 380 valence electrons. The molecule has 0 aliphatic carbocycles. The average Bonchev–Trinajstić information content (AvgIpc) is 3.43. The third kappa shape index (κ3) is 21.5. The molecule has 2 atom stereocenters. The van der Waals surface area contributed by atoms with E-state index in [-0.39, 0.29) is 21.8 Å². The molecule has 0 radical (unpaired) electrons. The van der Waals surface area contributed by atoms with E-state index in [1.807, 2.05) is 24.3 Å². The molecular formula is C67H86N2OS2+2. The minimum Gasteiger partial charge on any atom is -0.494 e. The highest BCUT2D eigenvalue weighted by Gasteiger charge is 2.30. The first kappa shape index (κ1) is 57.7. The average molecular weight is 1000 g/mol. The van der Waals surface area contributed by atoms with Crippen molar-refractivity contribution < 1.29 is 4.74 Å². The number of unbranched alkanes of at least 4 members (excludes halogenated alkanes) is 20. The monoisotopic (exact) mass is 999 g/mol. The highest BCUT2D eigenvalue weighted by atomic mass is 32.2. The van der Waals surface area contributed by atoms with Crippen LogP contribution < -0.4 is 4.74 Å². The Morgan fingerprint density at radius 1 is 0.319 bits per heavy atom. The molecule has 0 heterocycles. The first-order valence-electron chi connectivity index (χ1n) is 28.0. The van der Waals surface area contributed by atoms with E-state index < -0.39 is 0 Å². The normalized spacial score (nSPS) is 11.7. The fraction of sp³-hybridized carbons (Fsp3) is 0.433. The molecule has 6 aromatic rings. The second kappa shape index (κ2) is 35.8. The van der Waals surface area contributed by atoms with Gasteiger partial charge in [-0.25, -0.2) is 9.69 Å². The first-order chi connectivity index (χ1) is 35.6. The van der Waals surface area contributed by atoms with E-state index >= 15 is 0 Å². The van der Waals surface area contributed by atoms with E-state index in [2.05, 4.69) is 158 Å². The van der Waals surface area contributed by atoms with Crippen molar-refractivity contribution in [2.24, 2.45) is 0 Å². The van der Waals surface area contributed by atoms with Crippen molar-refractivity contribution in [3.8, 4) is 5.75 Å². The lowest BCUT2D eigenvalue weighted by Gasteiger charge is -2.10. The number of hydrogen-bond donors (Lipinski definition) is 0. The molecule has 0 aliphatic heterocycles. The Kier molecular flexibility index (Phi) is 28.7. The van der Waals surface area contributed by atoms with Gasteiger partial charge in [0.2, 0.25) is 0 Å². The van der Waals surface area contributed by atoms with E-state index in [0.717, 1.165) is 25.2 Å². The second-order valence-corrected chi connectivity index (χ2v) is 23.4. The van der Waals surface area contributed by atoms with Gasteiger partial charge in [-0.2, -0.15) is 0 Å². The predicted molar refractivity (Wildman–Crippen MR) is 312 cm³/mol. The summed E-state index contributed by atoms with van der Waals surface area (Å²) in [6, 6.07) is 54.0. The van der Waals surface area contributed by atoms with Crippen molar-refractivity contribution in [1.82, 2.24) is 0 Å². The first-order valence-corrected chi connectivity index (χ1v) is 30.4. The van der Waals surface area contributed by atoms with Crippen LogP contribution in [0.2, 0.25) is 0 Å². The Bertz CT molecular complexity index is 2380. The Hall–Kier alpha value is -5.20. The van der Waals surface area contributed by atoms with Gasteiger partial charge in [0.05, 0.1) is 41.5 Å². The minimum atomic E-state index is -0.207. The molecule has 0 saturated carbocycles. The molecule has 72 heavy (non-hydrogen) atoms. The summed E-state index contributed by atoms with van der Waals surface area (Å²) in [6.45, 7) is 22.2. The molecule has 2 unspecified atom stereocenters. The van der Waals surface area contributed by atoms with Gasteiger partial charge in [-0.15, -0.1) is 0 Å². The maximum absolute atomic E-state index is 7.33. The van der Waals surface area contributed by atoms with Gasteiger partial charge >= 0.3 is 0 Å². The number of rotatable bonds is 33. The lowest BCUT2D eigenvalue weighted by atomic mass is 10.0. The van der Waals surface area contributed by atoms with E-state index in [0.29, 0.717) is 11.4 Å². The Morgan fingerprint density at radius 2 is 0.611 bits per heavy atom. The lowest BCUT2D eigenvalue weighted by molar-refractivity contribution is 0.304. The summed E-state index contributed by atoms with van der Waals surface area (Å²) in [5.74, 6) is 0.944. The van der Waals surface area contributed by atoms with Gasteiger partial charge in [0, 0.05) is 0 Å². The number of aryl methyl sites for hydroxylation is 2. The quantitative estimate of drug-likeness (QED) is 0.0228. The molecule has 6 rings (SSSR count). The van der Waals surface area contributed by atoms with Crippen molar-refractivity contribution in [3.05, 3.63) is 186 Å². The van der Waals surface area contributed by atoms with Gasteiger partial charge in [0.1, 0.15) is 5.75 Å². The number of nitrogens with zero attached hydrogens (tertiary/aromatic N) is 2. The smallest absolute Gasteiger partial charge is 0.187 e. The summed E-state index contributed by atoms with van der Waals surface area (Å²) in [6.07, 6.45) is 33.4. The number of benzene rings is 6. The molecule has 0 aliphatic rings. The van der Waals surface area contributed by atoms with Gasteiger partial charge in [-0.05, 0) is 128 Å². The molecule has 3 nitrogen and oxygen atoms in total. The van der Waals surface area contributed by atoms with Crippen molar-refractivity contribution in [1.29, 1.82) is 0 Å². The minimum absolute atomic E-state index is 0.166. The van der Waals surface area contributed by atoms with Crippen LogP contribution in [0.3, 0.4) is 0 Å². The van der Waals surface area contributed by atoms with Crippen molar-refractivity contribution in [3.63, 3.8) is 0 Å². The maximum Gasteiger partial charge on any atom is 0.187 e. The summed E-state index contributed by atoms with van der Waals surface area (Å²) in [5.41, 5.74) is 4.26. The molecule has 0 spiro atoms. The van der Waals surface area contributed by atoms with Crippen LogP contribution in [0.4, 0.5) is 11.4 Å². The molecular weight excluding hydrogens is 913 g/mol. The molecule has 0 saturated heterocycles. The van der Waals surface area contributed by atoms with Crippen LogP contribution in [-0.2, 0) is 34.6 Å². The van der Waals surface area contributed by atoms with Gasteiger partial charge in [-0.3, -0.25) is 0 Å². The summed E-state index contributed by atoms with van der Waals surface area (Å²) in [4.78, 5) is 14.9. The lowest BCUT2D eigenvalue weighted by Crippen LogP contribution is -2.05. The van der Waals surface area contributed by atoms with E-state index in [1.54, 1.807) is 0 Å². The van der Waals surface area contributed by atoms with Gasteiger partial charge in [0.25, 0.3) is 0 Å². The number of ether oxygens (including phenoxy) is 1. The van der Waals surface area contributed by atoms with Crippen LogP contribution in [0.25, 0.3) is 9.69 Å². The molecule has 0 aromatic heterocycles. The van der Waals surface area contributed by atoms with Crippen LogP contribution >= 0.6 is 0 Å². The third-order valence-corrected chi connectivity index (χ3v) is 17.9. The SMILES string of the molecule is [C-]#[N+]c1ccc([S+](c2ccc(CCCCC)cc2)c2ccc(CCCCCCCCCCCC)cc2)cc1.[C-]#[N+]c1ccc([S+](c2ccccc2)c2ccc(OCCCCCCCCCCCC)cc2)cc1. The van der Waals surface area contributed by atoms with E-state index in [4.69, 9.17) is 17.9 Å². The second-order valence-electron chi connectivity index (χ2n) is 19.3. The summed E-state index contributed by atoms with van der Waals surface area (Å²) >= 11 is 0. The molecule has 0 amide bonds. The fourth-order valence-electron chi connectivity index (χ4n) is 9.12. The predicted octanol–water partition coefficient (Wildman–Crippen LogP) is 21.2. The fourth-order valence-corrected chi connectivity index (χ4v) is 13.2. The molecule has 6 aromatic carbocycles. The Balaban J connectivity index is 0.000000269. The van der Waals surface area contributed by atoms with Crippen molar-refractivity contribution >= 4 is 33.2 Å². The van der Waals surface area contributed by atoms with Crippen LogP contribution in [0.15, 0.2) is 181 Å². The molecule has 0 bridgehead atoms. The maximum atomic E-state index is 7.33. The van der Waals surface area contributed by atoms with Crippen LogP contribution in [0.1, 0.15) is 180 Å². The summed E-state index contributed by atoms with van der Waals surface area (Å²) in [7, 11) is -0.373. The topological polar surface area (TPSA) is 18.0 Å². The molecule has 0 fully saturated rings. The van der Waals surface area contributed by atoms with E-state index in [1.165, 1.54) is 188 Å². The molecule has 0 N–H and O–H groups in total. The van der Waals surface area contributed by atoms with Crippen LogP contribution in [0.5, 0.6) is 5.75 Å².